The summed E-state index contributed by atoms with van der Waals surface area (Å²) in [6, 6.07) is 6.15. The molecule has 0 aliphatic heterocycles. The van der Waals surface area contributed by atoms with Crippen molar-refractivity contribution in [2.75, 3.05) is 6.61 Å². The van der Waals surface area contributed by atoms with Crippen LogP contribution in [0.25, 0.3) is 10.2 Å². The Morgan fingerprint density at radius 2 is 2.11 bits per heavy atom. The fraction of sp³-hybridized carbons (Fsp3) is 0.533. The first-order valence-corrected chi connectivity index (χ1v) is 7.51. The van der Waals surface area contributed by atoms with Crippen LogP contribution in [0.5, 0.6) is 5.75 Å². The summed E-state index contributed by atoms with van der Waals surface area (Å²) in [6.07, 6.45) is 0.928. The minimum Gasteiger partial charge on any atom is -0.492 e. The van der Waals surface area contributed by atoms with Gasteiger partial charge in [-0.1, -0.05) is 27.7 Å². The summed E-state index contributed by atoms with van der Waals surface area (Å²) >= 11 is 1.74. The van der Waals surface area contributed by atoms with Crippen LogP contribution in [0, 0.1) is 0 Å². The molecule has 0 saturated heterocycles. The molecular formula is C15H22N2OS. The van der Waals surface area contributed by atoms with Crippen LogP contribution in [0.4, 0.5) is 0 Å². The van der Waals surface area contributed by atoms with Gasteiger partial charge in [-0.05, 0) is 24.6 Å². The molecule has 0 fully saturated rings. The van der Waals surface area contributed by atoms with Crippen molar-refractivity contribution in [3.05, 3.63) is 23.2 Å². The first-order chi connectivity index (χ1) is 8.90. The summed E-state index contributed by atoms with van der Waals surface area (Å²) in [6.45, 7) is 9.18. The molecule has 1 unspecified atom stereocenters. The van der Waals surface area contributed by atoms with E-state index in [2.05, 4.69) is 38.7 Å². The van der Waals surface area contributed by atoms with Gasteiger partial charge in [0.15, 0.2) is 0 Å². The van der Waals surface area contributed by atoms with E-state index >= 15 is 0 Å². The SMILES string of the molecule is CCC(N)COc1ccc2nc(C(C)(C)C)sc2c1. The fourth-order valence-corrected chi connectivity index (χ4v) is 2.69. The Balaban J connectivity index is 2.21. The largest absolute Gasteiger partial charge is 0.492 e. The van der Waals surface area contributed by atoms with Gasteiger partial charge in [0.2, 0.25) is 0 Å². The van der Waals surface area contributed by atoms with E-state index in [-0.39, 0.29) is 11.5 Å². The van der Waals surface area contributed by atoms with Crippen LogP contribution >= 0.6 is 11.3 Å². The molecular weight excluding hydrogens is 256 g/mol. The molecule has 0 spiro atoms. The third-order valence-electron chi connectivity index (χ3n) is 2.99. The van der Waals surface area contributed by atoms with Gasteiger partial charge in [-0.15, -0.1) is 11.3 Å². The number of benzene rings is 1. The Bertz CT molecular complexity index is 557. The molecule has 2 N–H and O–H groups in total. The highest BCUT2D eigenvalue weighted by atomic mass is 32.1. The average molecular weight is 278 g/mol. The van der Waals surface area contributed by atoms with Crippen molar-refractivity contribution in [1.82, 2.24) is 4.98 Å². The van der Waals surface area contributed by atoms with E-state index in [4.69, 9.17) is 10.5 Å². The first kappa shape index (κ1) is 14.3. The number of thiazole rings is 1. The molecule has 4 heteroatoms. The summed E-state index contributed by atoms with van der Waals surface area (Å²) < 4.78 is 6.89. The molecule has 0 saturated carbocycles. The number of nitrogens with zero attached hydrogens (tertiary/aromatic N) is 1. The lowest BCUT2D eigenvalue weighted by molar-refractivity contribution is 0.286. The normalized spacial score (nSPS) is 13.7. The molecule has 0 radical (unpaired) electrons. The monoisotopic (exact) mass is 278 g/mol. The predicted octanol–water partition coefficient (Wildman–Crippen LogP) is 3.71. The maximum Gasteiger partial charge on any atom is 0.120 e. The van der Waals surface area contributed by atoms with Crippen LogP contribution in [0.1, 0.15) is 39.1 Å². The van der Waals surface area contributed by atoms with Gasteiger partial charge >= 0.3 is 0 Å². The third-order valence-corrected chi connectivity index (χ3v) is 4.43. The minimum absolute atomic E-state index is 0.0925. The number of hydrogen-bond donors (Lipinski definition) is 1. The lowest BCUT2D eigenvalue weighted by Crippen LogP contribution is -2.26. The van der Waals surface area contributed by atoms with Gasteiger partial charge < -0.3 is 10.5 Å². The standard InChI is InChI=1S/C15H22N2OS/c1-5-10(16)9-18-11-6-7-12-13(8-11)19-14(17-12)15(2,3)4/h6-8,10H,5,9,16H2,1-4H3. The zero-order valence-corrected chi connectivity index (χ0v) is 12.9. The van der Waals surface area contributed by atoms with Crippen LogP contribution in [-0.4, -0.2) is 17.6 Å². The Hall–Kier alpha value is -1.13. The molecule has 2 rings (SSSR count). The minimum atomic E-state index is 0.0925. The summed E-state index contributed by atoms with van der Waals surface area (Å²) in [5, 5.41) is 1.16. The van der Waals surface area contributed by atoms with Crippen LogP contribution in [0.15, 0.2) is 18.2 Å². The molecule has 0 bridgehead atoms. The zero-order chi connectivity index (χ0) is 14.0. The summed E-state index contributed by atoms with van der Waals surface area (Å²) in [4.78, 5) is 4.67. The summed E-state index contributed by atoms with van der Waals surface area (Å²) in [7, 11) is 0. The maximum absolute atomic E-state index is 5.86. The average Bonchev–Trinajstić information content (AvgIpc) is 2.78. The lowest BCUT2D eigenvalue weighted by Gasteiger charge is -2.13. The number of rotatable bonds is 4. The van der Waals surface area contributed by atoms with E-state index in [1.807, 2.05) is 12.1 Å². The highest BCUT2D eigenvalue weighted by molar-refractivity contribution is 7.18. The van der Waals surface area contributed by atoms with Crippen molar-refractivity contribution in [2.24, 2.45) is 5.73 Å². The van der Waals surface area contributed by atoms with Crippen LogP contribution in [-0.2, 0) is 5.41 Å². The highest BCUT2D eigenvalue weighted by Crippen LogP contribution is 2.32. The molecule has 2 aromatic rings. The van der Waals surface area contributed by atoms with Crippen molar-refractivity contribution in [2.45, 2.75) is 45.6 Å². The Morgan fingerprint density at radius 3 is 2.74 bits per heavy atom. The Morgan fingerprint density at radius 1 is 1.37 bits per heavy atom. The van der Waals surface area contributed by atoms with E-state index in [1.54, 1.807) is 11.3 Å². The lowest BCUT2D eigenvalue weighted by atomic mass is 9.98. The maximum atomic E-state index is 5.86. The number of aromatic nitrogens is 1. The second kappa shape index (κ2) is 5.47. The van der Waals surface area contributed by atoms with E-state index in [0.29, 0.717) is 6.61 Å². The van der Waals surface area contributed by atoms with E-state index in [0.717, 1.165) is 22.7 Å². The number of hydrogen-bond acceptors (Lipinski definition) is 4. The van der Waals surface area contributed by atoms with E-state index in [9.17, 15) is 0 Å². The molecule has 1 heterocycles. The van der Waals surface area contributed by atoms with Gasteiger partial charge in [0.1, 0.15) is 12.4 Å². The third kappa shape index (κ3) is 3.45. The second-order valence-electron chi connectivity index (χ2n) is 5.88. The molecule has 1 atom stereocenters. The highest BCUT2D eigenvalue weighted by Gasteiger charge is 2.18. The van der Waals surface area contributed by atoms with Crippen molar-refractivity contribution in [3.8, 4) is 5.75 Å². The van der Waals surface area contributed by atoms with Gasteiger partial charge in [-0.2, -0.15) is 0 Å². The Labute approximate surface area is 118 Å². The van der Waals surface area contributed by atoms with Gasteiger partial charge in [0, 0.05) is 11.5 Å². The molecule has 1 aromatic heterocycles. The topological polar surface area (TPSA) is 48.1 Å². The number of fused-ring (bicyclic) bond motifs is 1. The van der Waals surface area contributed by atoms with Crippen molar-refractivity contribution >= 4 is 21.6 Å². The zero-order valence-electron chi connectivity index (χ0n) is 12.1. The molecule has 19 heavy (non-hydrogen) atoms. The predicted molar refractivity (Wildman–Crippen MR) is 82.1 cm³/mol. The summed E-state index contributed by atoms with van der Waals surface area (Å²) in [5.74, 6) is 0.875. The van der Waals surface area contributed by atoms with Gasteiger partial charge in [-0.3, -0.25) is 0 Å². The molecule has 104 valence electrons. The van der Waals surface area contributed by atoms with Crippen LogP contribution < -0.4 is 10.5 Å². The van der Waals surface area contributed by atoms with E-state index in [1.165, 1.54) is 4.70 Å². The molecule has 0 aliphatic rings. The van der Waals surface area contributed by atoms with E-state index < -0.39 is 0 Å². The fourth-order valence-electron chi connectivity index (χ4n) is 1.64. The molecule has 0 amide bonds. The van der Waals surface area contributed by atoms with Gasteiger partial charge in [0.25, 0.3) is 0 Å². The molecule has 1 aromatic carbocycles. The number of nitrogens with two attached hydrogens (primary N) is 1. The number of ether oxygens (including phenoxy) is 1. The molecule has 0 aliphatic carbocycles. The first-order valence-electron chi connectivity index (χ1n) is 6.69. The quantitative estimate of drug-likeness (QED) is 0.927. The van der Waals surface area contributed by atoms with Crippen molar-refractivity contribution in [3.63, 3.8) is 0 Å². The van der Waals surface area contributed by atoms with Crippen LogP contribution in [0.2, 0.25) is 0 Å². The van der Waals surface area contributed by atoms with Crippen molar-refractivity contribution < 1.29 is 4.74 Å². The van der Waals surface area contributed by atoms with Gasteiger partial charge in [-0.25, -0.2) is 4.98 Å². The summed E-state index contributed by atoms with van der Waals surface area (Å²) in [5.41, 5.74) is 7.00. The smallest absolute Gasteiger partial charge is 0.120 e. The molecule has 3 nitrogen and oxygen atoms in total. The van der Waals surface area contributed by atoms with Gasteiger partial charge in [0.05, 0.1) is 15.2 Å². The van der Waals surface area contributed by atoms with Crippen molar-refractivity contribution in [1.29, 1.82) is 0 Å². The van der Waals surface area contributed by atoms with Crippen LogP contribution in [0.3, 0.4) is 0 Å². The Kier molecular flexibility index (Phi) is 4.11. The second-order valence-corrected chi connectivity index (χ2v) is 6.91.